The molecule has 0 radical (unpaired) electrons. The maximum Gasteiger partial charge on any atom is 0.211 e. The third-order valence-corrected chi connectivity index (χ3v) is 4.36. The van der Waals surface area contributed by atoms with Gasteiger partial charge in [-0.1, -0.05) is 13.8 Å². The van der Waals surface area contributed by atoms with Crippen LogP contribution in [0.1, 0.15) is 27.2 Å². The zero-order valence-electron chi connectivity index (χ0n) is 10.5. The van der Waals surface area contributed by atoms with Gasteiger partial charge in [-0.2, -0.15) is 11.8 Å². The summed E-state index contributed by atoms with van der Waals surface area (Å²) in [5.74, 6) is 1.00. The van der Waals surface area contributed by atoms with E-state index in [1.165, 1.54) is 11.8 Å². The summed E-state index contributed by atoms with van der Waals surface area (Å²) in [4.78, 5) is 0. The van der Waals surface area contributed by atoms with Crippen LogP contribution in [0.25, 0.3) is 0 Å². The molecule has 4 nitrogen and oxygen atoms in total. The van der Waals surface area contributed by atoms with Crippen LogP contribution in [0, 0.1) is 5.92 Å². The van der Waals surface area contributed by atoms with Gasteiger partial charge in [0.2, 0.25) is 10.0 Å². The van der Waals surface area contributed by atoms with Gasteiger partial charge in [-0.15, -0.1) is 0 Å². The Balaban J connectivity index is 4.08. The molecule has 0 spiro atoms. The van der Waals surface area contributed by atoms with Crippen molar-refractivity contribution in [2.24, 2.45) is 5.92 Å². The Morgan fingerprint density at radius 1 is 1.44 bits per heavy atom. The molecule has 6 heteroatoms. The van der Waals surface area contributed by atoms with Crippen molar-refractivity contribution >= 4 is 21.8 Å². The molecule has 0 saturated heterocycles. The normalized spacial score (nSPS) is 16.4. The standard InChI is InChI=1S/C10H23NO3S2/c1-9(2)5-6-16(13,14)11-7-10(3,12)8-15-4/h9,11-12H,5-8H2,1-4H3. The number of nitrogens with one attached hydrogen (secondary N) is 1. The molecule has 0 bridgehead atoms. The molecule has 0 fully saturated rings. The van der Waals surface area contributed by atoms with E-state index in [-0.39, 0.29) is 12.3 Å². The third-order valence-electron chi connectivity index (χ3n) is 2.09. The van der Waals surface area contributed by atoms with E-state index in [4.69, 9.17) is 0 Å². The summed E-state index contributed by atoms with van der Waals surface area (Å²) in [7, 11) is -3.25. The van der Waals surface area contributed by atoms with Crippen LogP contribution < -0.4 is 4.72 Å². The molecule has 0 amide bonds. The van der Waals surface area contributed by atoms with Crippen molar-refractivity contribution in [3.8, 4) is 0 Å². The Labute approximate surface area is 103 Å². The molecule has 0 rings (SSSR count). The number of aliphatic hydroxyl groups is 1. The minimum absolute atomic E-state index is 0.0776. The Kier molecular flexibility index (Phi) is 6.93. The molecule has 0 heterocycles. The van der Waals surface area contributed by atoms with Gasteiger partial charge in [-0.3, -0.25) is 0 Å². The summed E-state index contributed by atoms with van der Waals surface area (Å²) in [5, 5.41) is 9.81. The SMILES string of the molecule is CSCC(C)(O)CNS(=O)(=O)CCC(C)C. The van der Waals surface area contributed by atoms with Crippen molar-refractivity contribution in [1.29, 1.82) is 0 Å². The average molecular weight is 269 g/mol. The first-order valence-electron chi connectivity index (χ1n) is 5.37. The molecule has 0 aromatic heterocycles. The highest BCUT2D eigenvalue weighted by Gasteiger charge is 2.22. The van der Waals surface area contributed by atoms with E-state index >= 15 is 0 Å². The van der Waals surface area contributed by atoms with Gasteiger partial charge in [-0.25, -0.2) is 13.1 Å². The predicted octanol–water partition coefficient (Wildman–Crippen LogP) is 1.07. The highest BCUT2D eigenvalue weighted by molar-refractivity contribution is 7.98. The average Bonchev–Trinajstić information content (AvgIpc) is 2.13. The minimum atomic E-state index is -3.25. The molecule has 0 aliphatic rings. The first-order valence-corrected chi connectivity index (χ1v) is 8.42. The molecule has 0 aromatic rings. The molecule has 0 aromatic carbocycles. The maximum absolute atomic E-state index is 11.6. The highest BCUT2D eigenvalue weighted by Crippen LogP contribution is 2.10. The summed E-state index contributed by atoms with van der Waals surface area (Å²) in [5.41, 5.74) is -0.982. The Morgan fingerprint density at radius 3 is 2.44 bits per heavy atom. The van der Waals surface area contributed by atoms with Crippen LogP contribution in [0.4, 0.5) is 0 Å². The lowest BCUT2D eigenvalue weighted by molar-refractivity contribution is 0.0908. The fourth-order valence-corrected chi connectivity index (χ4v) is 3.27. The largest absolute Gasteiger partial charge is 0.388 e. The number of thioether (sulfide) groups is 1. The predicted molar refractivity (Wildman–Crippen MR) is 70.3 cm³/mol. The third kappa shape index (κ3) is 8.38. The van der Waals surface area contributed by atoms with E-state index in [0.717, 1.165) is 0 Å². The fraction of sp³-hybridized carbons (Fsp3) is 1.00. The highest BCUT2D eigenvalue weighted by atomic mass is 32.2. The van der Waals surface area contributed by atoms with Gasteiger partial charge in [0.05, 0.1) is 11.4 Å². The lowest BCUT2D eigenvalue weighted by Crippen LogP contribution is -2.43. The molecular formula is C10H23NO3S2. The van der Waals surface area contributed by atoms with E-state index in [9.17, 15) is 13.5 Å². The molecular weight excluding hydrogens is 246 g/mol. The minimum Gasteiger partial charge on any atom is -0.388 e. The monoisotopic (exact) mass is 269 g/mol. The van der Waals surface area contributed by atoms with Gasteiger partial charge in [0.25, 0.3) is 0 Å². The first-order chi connectivity index (χ1) is 7.18. The Morgan fingerprint density at radius 2 is 2.00 bits per heavy atom. The second-order valence-corrected chi connectivity index (χ2v) is 7.54. The van der Waals surface area contributed by atoms with E-state index < -0.39 is 15.6 Å². The molecule has 16 heavy (non-hydrogen) atoms. The van der Waals surface area contributed by atoms with E-state index in [2.05, 4.69) is 4.72 Å². The van der Waals surface area contributed by atoms with Crippen LogP contribution in [-0.2, 0) is 10.0 Å². The Hall–Kier alpha value is 0.220. The molecule has 0 aliphatic heterocycles. The van der Waals surface area contributed by atoms with Crippen molar-refractivity contribution in [2.45, 2.75) is 32.8 Å². The van der Waals surface area contributed by atoms with Gasteiger partial charge in [0.1, 0.15) is 0 Å². The van der Waals surface area contributed by atoms with Crippen molar-refractivity contribution in [2.75, 3.05) is 24.3 Å². The smallest absolute Gasteiger partial charge is 0.211 e. The lowest BCUT2D eigenvalue weighted by atomic mass is 10.1. The van der Waals surface area contributed by atoms with Crippen LogP contribution in [-0.4, -0.2) is 43.4 Å². The van der Waals surface area contributed by atoms with Gasteiger partial charge in [0, 0.05) is 12.3 Å². The van der Waals surface area contributed by atoms with Crippen molar-refractivity contribution in [1.82, 2.24) is 4.72 Å². The summed E-state index contributed by atoms with van der Waals surface area (Å²) >= 11 is 1.49. The number of sulfonamides is 1. The summed E-state index contributed by atoms with van der Waals surface area (Å²) < 4.78 is 25.6. The van der Waals surface area contributed by atoms with Crippen LogP contribution in [0.3, 0.4) is 0 Å². The maximum atomic E-state index is 11.6. The fourth-order valence-electron chi connectivity index (χ4n) is 1.09. The molecule has 0 aliphatic carbocycles. The van der Waals surface area contributed by atoms with Gasteiger partial charge >= 0.3 is 0 Å². The van der Waals surface area contributed by atoms with Crippen LogP contribution >= 0.6 is 11.8 Å². The topological polar surface area (TPSA) is 66.4 Å². The first kappa shape index (κ1) is 16.2. The van der Waals surface area contributed by atoms with Gasteiger partial charge in [0.15, 0.2) is 0 Å². The summed E-state index contributed by atoms with van der Waals surface area (Å²) in [6, 6.07) is 0. The van der Waals surface area contributed by atoms with Crippen molar-refractivity contribution in [3.05, 3.63) is 0 Å². The van der Waals surface area contributed by atoms with E-state index in [1.54, 1.807) is 6.92 Å². The van der Waals surface area contributed by atoms with Crippen LogP contribution in [0.5, 0.6) is 0 Å². The quantitative estimate of drug-likeness (QED) is 0.691. The number of hydrogen-bond acceptors (Lipinski definition) is 4. The van der Waals surface area contributed by atoms with E-state index in [1.807, 2.05) is 20.1 Å². The number of hydrogen-bond donors (Lipinski definition) is 2. The lowest BCUT2D eigenvalue weighted by Gasteiger charge is -2.22. The molecule has 0 saturated carbocycles. The van der Waals surface area contributed by atoms with Gasteiger partial charge < -0.3 is 5.11 Å². The summed E-state index contributed by atoms with van der Waals surface area (Å²) in [6.45, 7) is 5.68. The second-order valence-electron chi connectivity index (χ2n) is 4.75. The second kappa shape index (κ2) is 6.83. The number of rotatable bonds is 8. The van der Waals surface area contributed by atoms with Crippen molar-refractivity contribution in [3.63, 3.8) is 0 Å². The zero-order valence-corrected chi connectivity index (χ0v) is 12.1. The Bertz CT molecular complexity index is 286. The molecule has 1 atom stereocenters. The molecule has 98 valence electrons. The summed E-state index contributed by atoms with van der Waals surface area (Å²) in [6.07, 6.45) is 2.52. The van der Waals surface area contributed by atoms with Crippen LogP contribution in [0.15, 0.2) is 0 Å². The molecule has 2 N–H and O–H groups in total. The van der Waals surface area contributed by atoms with Gasteiger partial charge in [-0.05, 0) is 25.5 Å². The van der Waals surface area contributed by atoms with E-state index in [0.29, 0.717) is 18.1 Å². The van der Waals surface area contributed by atoms with Crippen molar-refractivity contribution < 1.29 is 13.5 Å². The zero-order chi connectivity index (χ0) is 12.8. The molecule has 1 unspecified atom stereocenters. The van der Waals surface area contributed by atoms with Crippen LogP contribution in [0.2, 0.25) is 0 Å².